The Bertz CT molecular complexity index is 1650. The van der Waals surface area contributed by atoms with Gasteiger partial charge in [0.1, 0.15) is 19.3 Å². The molecule has 0 aliphatic rings. The summed E-state index contributed by atoms with van der Waals surface area (Å²) in [7, 11) is -9.89. The molecule has 0 fully saturated rings. The minimum absolute atomic E-state index is 0.102. The lowest BCUT2D eigenvalue weighted by Gasteiger charge is -2.21. The quantitative estimate of drug-likeness (QED) is 0.0222. The number of phosphoric ester groups is 2. The van der Waals surface area contributed by atoms with Crippen LogP contribution in [-0.4, -0.2) is 96.7 Å². The van der Waals surface area contributed by atoms with Gasteiger partial charge in [-0.3, -0.25) is 37.3 Å². The van der Waals surface area contributed by atoms with E-state index in [4.69, 9.17) is 37.0 Å². The number of esters is 4. The normalized spacial score (nSPS) is 14.7. The molecule has 0 aromatic heterocycles. The van der Waals surface area contributed by atoms with Gasteiger partial charge in [-0.1, -0.05) is 260 Å². The van der Waals surface area contributed by atoms with Crippen molar-refractivity contribution in [3.05, 3.63) is 0 Å². The third-order valence-corrected chi connectivity index (χ3v) is 16.9. The number of unbranched alkanes of at least 4 members (excludes halogenated alkanes) is 29. The lowest BCUT2D eigenvalue weighted by molar-refractivity contribution is -0.161. The molecule has 0 saturated carbocycles. The number of hydrogen-bond donors (Lipinski definition) is 3. The average molecular weight is 1230 g/mol. The van der Waals surface area contributed by atoms with Gasteiger partial charge in [0.05, 0.1) is 26.4 Å². The molecule has 3 N–H and O–H groups in total. The van der Waals surface area contributed by atoms with E-state index in [1.54, 1.807) is 0 Å². The summed E-state index contributed by atoms with van der Waals surface area (Å²) < 4.78 is 68.0. The van der Waals surface area contributed by atoms with E-state index in [-0.39, 0.29) is 25.7 Å². The number of carbonyl (C=O) groups excluding carboxylic acids is 4. The van der Waals surface area contributed by atoms with E-state index in [9.17, 15) is 43.2 Å². The minimum Gasteiger partial charge on any atom is -0.462 e. The smallest absolute Gasteiger partial charge is 0.462 e. The minimum atomic E-state index is -4.95. The maximum absolute atomic E-state index is 13.0. The summed E-state index contributed by atoms with van der Waals surface area (Å²) in [5, 5.41) is 10.5. The van der Waals surface area contributed by atoms with Crippen molar-refractivity contribution in [1.29, 1.82) is 0 Å². The molecule has 19 heteroatoms. The van der Waals surface area contributed by atoms with Crippen molar-refractivity contribution < 1.29 is 80.2 Å². The first-order valence-corrected chi connectivity index (χ1v) is 36.4. The molecule has 17 nitrogen and oxygen atoms in total. The van der Waals surface area contributed by atoms with E-state index < -0.39 is 97.5 Å². The van der Waals surface area contributed by atoms with Crippen LogP contribution in [0.5, 0.6) is 0 Å². The Morgan fingerprint density at radius 2 is 0.614 bits per heavy atom. The van der Waals surface area contributed by atoms with Gasteiger partial charge >= 0.3 is 39.5 Å². The first-order chi connectivity index (χ1) is 39.8. The number of aliphatic hydroxyl groups is 1. The summed E-state index contributed by atoms with van der Waals surface area (Å²) in [6.07, 6.45) is 36.2. The monoisotopic (exact) mass is 1230 g/mol. The highest BCUT2D eigenvalue weighted by Gasteiger charge is 2.30. The number of hydrogen-bond acceptors (Lipinski definition) is 15. The molecule has 3 unspecified atom stereocenters. The summed E-state index contributed by atoms with van der Waals surface area (Å²) in [4.78, 5) is 72.2. The number of ether oxygens (including phenoxy) is 4. The highest BCUT2D eigenvalue weighted by molar-refractivity contribution is 7.47. The molecule has 0 radical (unpaired) electrons. The predicted octanol–water partition coefficient (Wildman–Crippen LogP) is 17.5. The fourth-order valence-electron chi connectivity index (χ4n) is 9.45. The fraction of sp³-hybridized carbons (Fsp3) is 0.938. The molecule has 0 bridgehead atoms. The van der Waals surface area contributed by atoms with Crippen LogP contribution >= 0.6 is 15.6 Å². The van der Waals surface area contributed by atoms with Crippen molar-refractivity contribution in [2.75, 3.05) is 39.6 Å². The standard InChI is InChI=1S/C64H124O17P2/c1-8-10-11-12-13-16-23-31-38-45-61(66)74-52-60(81-64(69)48-41-34-27-26-30-37-44-57(7)9-2)54-79-83(72,73)77-50-58(65)49-76-82(70,71)78-53-59(80-63(68)47-40-33-25-20-15-18-22-29-36-43-56(5)6)51-75-62(67)46-39-32-24-19-14-17-21-28-35-42-55(3)4/h55-60,65H,8-54H2,1-7H3,(H,70,71)(H,72,73)/t57?,58-,59-,60-/m1/s1. The highest BCUT2D eigenvalue weighted by atomic mass is 31.2. The summed E-state index contributed by atoms with van der Waals surface area (Å²) in [5.74, 6) is 0.0613. The van der Waals surface area contributed by atoms with Gasteiger partial charge in [0.2, 0.25) is 0 Å². The first kappa shape index (κ1) is 81.1. The molecule has 0 aromatic carbocycles. The summed E-state index contributed by atoms with van der Waals surface area (Å²) in [5.41, 5.74) is 0. The van der Waals surface area contributed by atoms with Crippen LogP contribution in [-0.2, 0) is 65.4 Å². The van der Waals surface area contributed by atoms with E-state index in [2.05, 4.69) is 48.5 Å². The Morgan fingerprint density at radius 3 is 0.916 bits per heavy atom. The van der Waals surface area contributed by atoms with Crippen molar-refractivity contribution in [2.24, 2.45) is 17.8 Å². The molecule has 0 amide bonds. The Labute approximate surface area is 505 Å². The van der Waals surface area contributed by atoms with Crippen molar-refractivity contribution in [1.82, 2.24) is 0 Å². The van der Waals surface area contributed by atoms with Gasteiger partial charge in [0.15, 0.2) is 12.2 Å². The van der Waals surface area contributed by atoms with E-state index in [1.165, 1.54) is 122 Å². The Kier molecular flexibility index (Phi) is 54.1. The Hall–Kier alpha value is -1.94. The van der Waals surface area contributed by atoms with Crippen LogP contribution in [0.25, 0.3) is 0 Å². The van der Waals surface area contributed by atoms with Crippen LogP contribution in [0.3, 0.4) is 0 Å². The van der Waals surface area contributed by atoms with Gasteiger partial charge in [0, 0.05) is 25.7 Å². The molecule has 6 atom stereocenters. The molecule has 0 aliphatic heterocycles. The highest BCUT2D eigenvalue weighted by Crippen LogP contribution is 2.45. The van der Waals surface area contributed by atoms with E-state index in [0.29, 0.717) is 25.7 Å². The van der Waals surface area contributed by atoms with Crippen LogP contribution in [0.2, 0.25) is 0 Å². The topological polar surface area (TPSA) is 237 Å². The maximum atomic E-state index is 13.0. The second-order valence-electron chi connectivity index (χ2n) is 24.3. The van der Waals surface area contributed by atoms with Crippen molar-refractivity contribution in [3.8, 4) is 0 Å². The molecular weight excluding hydrogens is 1100 g/mol. The second kappa shape index (κ2) is 55.4. The SMILES string of the molecule is CCCCCCCCCCCC(=O)OC[C@H](COP(=O)(O)OC[C@H](O)COP(=O)(O)OC[C@@H](COC(=O)CCCCCCCCCCCC(C)C)OC(=O)CCCCCCCCCCCC(C)C)OC(=O)CCCCCCCCC(C)CC. The van der Waals surface area contributed by atoms with Gasteiger partial charge in [-0.2, -0.15) is 0 Å². The van der Waals surface area contributed by atoms with E-state index in [0.717, 1.165) is 108 Å². The number of phosphoric acid groups is 2. The molecule has 492 valence electrons. The zero-order valence-corrected chi connectivity index (χ0v) is 55.4. The molecule has 0 aromatic rings. The third-order valence-electron chi connectivity index (χ3n) is 15.0. The molecule has 0 saturated heterocycles. The Balaban J connectivity index is 5.25. The van der Waals surface area contributed by atoms with Gasteiger partial charge < -0.3 is 33.8 Å². The van der Waals surface area contributed by atoms with Gasteiger partial charge in [0.25, 0.3) is 0 Å². The van der Waals surface area contributed by atoms with Crippen LogP contribution < -0.4 is 0 Å². The summed E-state index contributed by atoms with van der Waals surface area (Å²) in [6, 6.07) is 0. The first-order valence-electron chi connectivity index (χ1n) is 33.4. The van der Waals surface area contributed by atoms with E-state index in [1.807, 2.05) is 0 Å². The molecule has 0 spiro atoms. The fourth-order valence-corrected chi connectivity index (χ4v) is 11.0. The van der Waals surface area contributed by atoms with Gasteiger partial charge in [-0.15, -0.1) is 0 Å². The summed E-state index contributed by atoms with van der Waals surface area (Å²) >= 11 is 0. The van der Waals surface area contributed by atoms with Crippen LogP contribution in [0, 0.1) is 17.8 Å². The van der Waals surface area contributed by atoms with Crippen LogP contribution in [0.15, 0.2) is 0 Å². The molecular formula is C64H124O17P2. The van der Waals surface area contributed by atoms with Crippen molar-refractivity contribution in [2.45, 2.75) is 330 Å². The predicted molar refractivity (Wildman–Crippen MR) is 331 cm³/mol. The second-order valence-corrected chi connectivity index (χ2v) is 27.3. The van der Waals surface area contributed by atoms with E-state index >= 15 is 0 Å². The van der Waals surface area contributed by atoms with Crippen molar-refractivity contribution >= 4 is 39.5 Å². The number of aliphatic hydroxyl groups excluding tert-OH is 1. The van der Waals surface area contributed by atoms with Gasteiger partial charge in [-0.05, 0) is 43.4 Å². The molecule has 0 heterocycles. The average Bonchev–Trinajstić information content (AvgIpc) is 3.45. The molecule has 0 rings (SSSR count). The summed E-state index contributed by atoms with van der Waals surface area (Å²) in [6.45, 7) is 11.7. The zero-order chi connectivity index (χ0) is 61.7. The van der Waals surface area contributed by atoms with Crippen LogP contribution in [0.1, 0.15) is 312 Å². The zero-order valence-electron chi connectivity index (χ0n) is 53.6. The lowest BCUT2D eigenvalue weighted by Crippen LogP contribution is -2.30. The third kappa shape index (κ3) is 57.6. The maximum Gasteiger partial charge on any atom is 0.472 e. The Morgan fingerprint density at radius 1 is 0.349 bits per heavy atom. The molecule has 83 heavy (non-hydrogen) atoms. The lowest BCUT2D eigenvalue weighted by atomic mass is 10.00. The van der Waals surface area contributed by atoms with Crippen LogP contribution in [0.4, 0.5) is 0 Å². The molecule has 0 aliphatic carbocycles. The largest absolute Gasteiger partial charge is 0.472 e. The number of carbonyl (C=O) groups is 4. The van der Waals surface area contributed by atoms with Crippen molar-refractivity contribution in [3.63, 3.8) is 0 Å². The number of rotatable bonds is 62. The van der Waals surface area contributed by atoms with Gasteiger partial charge in [-0.25, -0.2) is 9.13 Å².